The van der Waals surface area contributed by atoms with E-state index in [1.807, 2.05) is 0 Å². The first-order valence-electron chi connectivity index (χ1n) is 5.28. The smallest absolute Gasteiger partial charge is 0.238 e. The number of carbonyl (C=O) groups excluding carboxylic acids is 1. The minimum Gasteiger partial charge on any atom is -0.353 e. The summed E-state index contributed by atoms with van der Waals surface area (Å²) in [7, 11) is -3.23. The summed E-state index contributed by atoms with van der Waals surface area (Å²) in [6.45, 7) is 2.47. The van der Waals surface area contributed by atoms with Crippen molar-refractivity contribution in [2.75, 3.05) is 18.8 Å². The topological polar surface area (TPSA) is 66.5 Å². The first-order valence-corrected chi connectivity index (χ1v) is 6.89. The van der Waals surface area contributed by atoms with E-state index in [0.717, 1.165) is 12.8 Å². The number of hydrogen-bond donors (Lipinski definition) is 1. The van der Waals surface area contributed by atoms with Gasteiger partial charge in [0.15, 0.2) is 0 Å². The van der Waals surface area contributed by atoms with Gasteiger partial charge < -0.3 is 5.32 Å². The number of sulfonamides is 1. The summed E-state index contributed by atoms with van der Waals surface area (Å²) in [6.07, 6.45) is 2.02. The molecule has 1 heterocycles. The average molecular weight is 232 g/mol. The van der Waals surface area contributed by atoms with E-state index in [1.165, 1.54) is 4.31 Å². The highest BCUT2D eigenvalue weighted by Crippen LogP contribution is 2.31. The van der Waals surface area contributed by atoms with Crippen molar-refractivity contribution in [3.05, 3.63) is 0 Å². The fourth-order valence-electron chi connectivity index (χ4n) is 1.82. The Hall–Kier alpha value is -0.620. The van der Waals surface area contributed by atoms with Crippen molar-refractivity contribution in [1.29, 1.82) is 0 Å². The van der Waals surface area contributed by atoms with Crippen LogP contribution in [-0.2, 0) is 14.8 Å². The molecule has 86 valence electrons. The molecule has 1 N–H and O–H groups in total. The lowest BCUT2D eigenvalue weighted by Crippen LogP contribution is -2.56. The third-order valence-corrected chi connectivity index (χ3v) is 5.05. The molecule has 1 aliphatic carbocycles. The van der Waals surface area contributed by atoms with Gasteiger partial charge in [0.1, 0.15) is 6.04 Å². The van der Waals surface area contributed by atoms with E-state index in [2.05, 4.69) is 5.32 Å². The molecule has 0 aromatic carbocycles. The summed E-state index contributed by atoms with van der Waals surface area (Å²) in [6, 6.07) is -0.553. The summed E-state index contributed by atoms with van der Waals surface area (Å²) in [5, 5.41) is 2.66. The van der Waals surface area contributed by atoms with Gasteiger partial charge >= 0.3 is 0 Å². The molecule has 15 heavy (non-hydrogen) atoms. The Morgan fingerprint density at radius 3 is 2.73 bits per heavy atom. The standard InChI is InChI=1S/C9H16N2O3S/c1-7-9(12)10-4-5-11(7)15(13,14)6-8-2-3-8/h7-8H,2-6H2,1H3,(H,10,12). The molecule has 2 fully saturated rings. The maximum Gasteiger partial charge on any atom is 0.238 e. The highest BCUT2D eigenvalue weighted by Gasteiger charge is 2.37. The van der Waals surface area contributed by atoms with E-state index in [9.17, 15) is 13.2 Å². The van der Waals surface area contributed by atoms with Crippen LogP contribution in [0.3, 0.4) is 0 Å². The van der Waals surface area contributed by atoms with Gasteiger partial charge in [0, 0.05) is 13.1 Å². The molecule has 0 aromatic rings. The summed E-state index contributed by atoms with van der Waals surface area (Å²) in [5.41, 5.74) is 0. The Bertz CT molecular complexity index is 362. The monoisotopic (exact) mass is 232 g/mol. The SMILES string of the molecule is CC1C(=O)NCCN1S(=O)(=O)CC1CC1. The van der Waals surface area contributed by atoms with E-state index in [4.69, 9.17) is 0 Å². The van der Waals surface area contributed by atoms with Crippen LogP contribution >= 0.6 is 0 Å². The molecule has 5 nitrogen and oxygen atoms in total. The van der Waals surface area contributed by atoms with Crippen molar-refractivity contribution < 1.29 is 13.2 Å². The van der Waals surface area contributed by atoms with Crippen LogP contribution in [0.25, 0.3) is 0 Å². The van der Waals surface area contributed by atoms with Crippen LogP contribution in [0, 0.1) is 5.92 Å². The number of nitrogens with one attached hydrogen (secondary N) is 1. The van der Waals surface area contributed by atoms with E-state index in [1.54, 1.807) is 6.92 Å². The summed E-state index contributed by atoms with van der Waals surface area (Å²) in [4.78, 5) is 11.3. The molecule has 1 aliphatic heterocycles. The van der Waals surface area contributed by atoms with E-state index < -0.39 is 16.1 Å². The average Bonchev–Trinajstić information content (AvgIpc) is 2.92. The Morgan fingerprint density at radius 2 is 2.13 bits per heavy atom. The highest BCUT2D eigenvalue weighted by molar-refractivity contribution is 7.89. The second-order valence-electron chi connectivity index (χ2n) is 4.30. The third kappa shape index (κ3) is 2.31. The molecule has 6 heteroatoms. The van der Waals surface area contributed by atoms with Crippen LogP contribution in [0.15, 0.2) is 0 Å². The normalized spacial score (nSPS) is 28.9. The van der Waals surface area contributed by atoms with Crippen molar-refractivity contribution in [3.63, 3.8) is 0 Å². The Balaban J connectivity index is 2.09. The van der Waals surface area contributed by atoms with Gasteiger partial charge in [0.05, 0.1) is 5.75 Å². The fraction of sp³-hybridized carbons (Fsp3) is 0.889. The zero-order chi connectivity index (χ0) is 11.1. The summed E-state index contributed by atoms with van der Waals surface area (Å²) < 4.78 is 25.2. The Morgan fingerprint density at radius 1 is 1.47 bits per heavy atom. The molecular formula is C9H16N2O3S. The molecule has 0 radical (unpaired) electrons. The van der Waals surface area contributed by atoms with Crippen molar-refractivity contribution >= 4 is 15.9 Å². The predicted molar refractivity (Wildman–Crippen MR) is 55.7 cm³/mol. The number of carbonyl (C=O) groups is 1. The van der Waals surface area contributed by atoms with Crippen LogP contribution < -0.4 is 5.32 Å². The molecule has 2 aliphatic rings. The second-order valence-corrected chi connectivity index (χ2v) is 6.27. The lowest BCUT2D eigenvalue weighted by molar-refractivity contribution is -0.126. The second kappa shape index (κ2) is 3.75. The van der Waals surface area contributed by atoms with Crippen LogP contribution in [0.2, 0.25) is 0 Å². The van der Waals surface area contributed by atoms with Crippen LogP contribution in [0.4, 0.5) is 0 Å². The number of piperazine rings is 1. The molecule has 1 atom stereocenters. The van der Waals surface area contributed by atoms with Crippen LogP contribution in [0.1, 0.15) is 19.8 Å². The molecular weight excluding hydrogens is 216 g/mol. The predicted octanol–water partition coefficient (Wildman–Crippen LogP) is -0.453. The van der Waals surface area contributed by atoms with Crippen LogP contribution in [0.5, 0.6) is 0 Å². The number of nitrogens with zero attached hydrogens (tertiary/aromatic N) is 1. The third-order valence-electron chi connectivity index (χ3n) is 2.94. The molecule has 1 saturated heterocycles. The van der Waals surface area contributed by atoms with Gasteiger partial charge in [-0.15, -0.1) is 0 Å². The zero-order valence-electron chi connectivity index (χ0n) is 8.77. The fourth-order valence-corrected chi connectivity index (χ4v) is 3.89. The van der Waals surface area contributed by atoms with Gasteiger partial charge in [-0.25, -0.2) is 8.42 Å². The van der Waals surface area contributed by atoms with E-state index >= 15 is 0 Å². The molecule has 0 aromatic heterocycles. The Kier molecular flexibility index (Phi) is 2.72. The molecule has 0 spiro atoms. The van der Waals surface area contributed by atoms with Crippen molar-refractivity contribution in [2.24, 2.45) is 5.92 Å². The number of rotatable bonds is 3. The highest BCUT2D eigenvalue weighted by atomic mass is 32.2. The lowest BCUT2D eigenvalue weighted by atomic mass is 10.2. The molecule has 2 rings (SSSR count). The summed E-state index contributed by atoms with van der Waals surface area (Å²) in [5.74, 6) is 0.345. The van der Waals surface area contributed by atoms with Gasteiger partial charge in [0.2, 0.25) is 15.9 Å². The van der Waals surface area contributed by atoms with Gasteiger partial charge in [-0.3, -0.25) is 4.79 Å². The van der Waals surface area contributed by atoms with E-state index in [0.29, 0.717) is 19.0 Å². The van der Waals surface area contributed by atoms with Gasteiger partial charge in [-0.1, -0.05) is 0 Å². The van der Waals surface area contributed by atoms with Crippen LogP contribution in [-0.4, -0.2) is 43.5 Å². The van der Waals surface area contributed by atoms with Crippen molar-refractivity contribution in [3.8, 4) is 0 Å². The van der Waals surface area contributed by atoms with Gasteiger partial charge in [-0.05, 0) is 25.7 Å². The molecule has 1 saturated carbocycles. The zero-order valence-corrected chi connectivity index (χ0v) is 9.59. The lowest BCUT2D eigenvalue weighted by Gasteiger charge is -2.31. The maximum atomic E-state index is 11.9. The quantitative estimate of drug-likeness (QED) is 0.716. The maximum absolute atomic E-state index is 11.9. The minimum absolute atomic E-state index is 0.194. The number of amides is 1. The van der Waals surface area contributed by atoms with Gasteiger partial charge in [0.25, 0.3) is 0 Å². The minimum atomic E-state index is -3.23. The first-order chi connectivity index (χ1) is 7.00. The van der Waals surface area contributed by atoms with Gasteiger partial charge in [-0.2, -0.15) is 4.31 Å². The van der Waals surface area contributed by atoms with Crippen molar-refractivity contribution in [1.82, 2.24) is 9.62 Å². The first kappa shape index (κ1) is 10.9. The Labute approximate surface area is 89.9 Å². The van der Waals surface area contributed by atoms with Crippen molar-refractivity contribution in [2.45, 2.75) is 25.8 Å². The number of hydrogen-bond acceptors (Lipinski definition) is 3. The molecule has 1 unspecified atom stereocenters. The molecule has 1 amide bonds. The molecule has 0 bridgehead atoms. The van der Waals surface area contributed by atoms with E-state index in [-0.39, 0.29) is 11.7 Å². The summed E-state index contributed by atoms with van der Waals surface area (Å²) >= 11 is 0. The largest absolute Gasteiger partial charge is 0.353 e.